The highest BCUT2D eigenvalue weighted by Crippen LogP contribution is 2.32. The molecule has 6 nitrogen and oxygen atoms in total. The van der Waals surface area contributed by atoms with Crippen molar-refractivity contribution in [3.8, 4) is 11.1 Å². The Balaban J connectivity index is 1.54. The highest BCUT2D eigenvalue weighted by molar-refractivity contribution is 6.03. The molecule has 4 aromatic rings. The summed E-state index contributed by atoms with van der Waals surface area (Å²) in [6, 6.07) is 21.1. The van der Waals surface area contributed by atoms with Crippen LogP contribution in [0.1, 0.15) is 5.56 Å². The number of nitrogens with zero attached hydrogens (tertiary/aromatic N) is 2. The molecule has 4 rings (SSSR count). The Morgan fingerprint density at radius 1 is 0.964 bits per heavy atom. The van der Waals surface area contributed by atoms with Crippen molar-refractivity contribution in [3.63, 3.8) is 0 Å². The number of nitrogen functional groups attached to an aromatic ring is 1. The molecule has 0 saturated carbocycles. The molecule has 0 aliphatic carbocycles. The van der Waals surface area contributed by atoms with Crippen LogP contribution in [0.2, 0.25) is 0 Å². The molecule has 140 valence electrons. The normalized spacial score (nSPS) is 10.8. The number of hydrogen-bond donors (Lipinski definition) is 3. The van der Waals surface area contributed by atoms with E-state index >= 15 is 0 Å². The fraction of sp³-hybridized carbons (Fsp3) is 0.0909. The van der Waals surface area contributed by atoms with Gasteiger partial charge in [0.1, 0.15) is 0 Å². The van der Waals surface area contributed by atoms with Gasteiger partial charge in [-0.05, 0) is 53.9 Å². The maximum absolute atomic E-state index is 12.2. The molecule has 3 aromatic carbocycles. The van der Waals surface area contributed by atoms with Crippen LogP contribution in [0.15, 0.2) is 66.7 Å². The minimum Gasteiger partial charge on any atom is -0.382 e. The number of anilines is 3. The van der Waals surface area contributed by atoms with Crippen molar-refractivity contribution in [3.05, 3.63) is 72.3 Å². The number of aromatic nitrogens is 2. The predicted octanol–water partition coefficient (Wildman–Crippen LogP) is 4.77. The second kappa shape index (κ2) is 7.08. The number of hydrogen-bond acceptors (Lipinski definition) is 3. The summed E-state index contributed by atoms with van der Waals surface area (Å²) in [5.74, 6) is 0.507. The van der Waals surface area contributed by atoms with Gasteiger partial charge in [-0.2, -0.15) is 5.10 Å². The molecule has 0 spiro atoms. The first kappa shape index (κ1) is 17.6. The molecule has 6 heteroatoms. The topological polar surface area (TPSA) is 85.0 Å². The molecule has 0 saturated heterocycles. The van der Waals surface area contributed by atoms with Crippen LogP contribution in [0.4, 0.5) is 22.0 Å². The van der Waals surface area contributed by atoms with Crippen molar-refractivity contribution in [1.29, 1.82) is 0 Å². The lowest BCUT2D eigenvalue weighted by Gasteiger charge is -2.10. The highest BCUT2D eigenvalue weighted by atomic mass is 16.2. The van der Waals surface area contributed by atoms with Crippen LogP contribution >= 0.6 is 0 Å². The first-order valence-corrected chi connectivity index (χ1v) is 8.97. The number of aryl methyl sites for hydroxylation is 2. The molecule has 0 unspecified atom stereocenters. The Morgan fingerprint density at radius 2 is 1.68 bits per heavy atom. The Kier molecular flexibility index (Phi) is 4.45. The summed E-state index contributed by atoms with van der Waals surface area (Å²) >= 11 is 0. The molecule has 1 heterocycles. The molecule has 0 radical (unpaired) electrons. The highest BCUT2D eigenvalue weighted by Gasteiger charge is 2.12. The van der Waals surface area contributed by atoms with Crippen molar-refractivity contribution in [2.24, 2.45) is 7.05 Å². The minimum atomic E-state index is -0.281. The van der Waals surface area contributed by atoms with Gasteiger partial charge in [0, 0.05) is 18.4 Å². The summed E-state index contributed by atoms with van der Waals surface area (Å²) < 4.78 is 1.78. The van der Waals surface area contributed by atoms with Crippen LogP contribution < -0.4 is 16.4 Å². The number of benzene rings is 3. The van der Waals surface area contributed by atoms with E-state index in [0.29, 0.717) is 11.5 Å². The van der Waals surface area contributed by atoms with Gasteiger partial charge in [0.05, 0.1) is 10.9 Å². The number of nitrogens with one attached hydrogen (secondary N) is 2. The molecule has 0 atom stereocenters. The first-order chi connectivity index (χ1) is 13.5. The van der Waals surface area contributed by atoms with Gasteiger partial charge in [-0.25, -0.2) is 4.79 Å². The summed E-state index contributed by atoms with van der Waals surface area (Å²) in [5, 5.41) is 10.9. The van der Waals surface area contributed by atoms with E-state index in [0.717, 1.165) is 33.3 Å². The molecule has 28 heavy (non-hydrogen) atoms. The average Bonchev–Trinajstić information content (AvgIpc) is 2.96. The number of nitrogens with two attached hydrogens (primary N) is 1. The predicted molar refractivity (Wildman–Crippen MR) is 114 cm³/mol. The monoisotopic (exact) mass is 371 g/mol. The average molecular weight is 371 g/mol. The lowest BCUT2D eigenvalue weighted by Crippen LogP contribution is -2.19. The fourth-order valence-corrected chi connectivity index (χ4v) is 3.33. The van der Waals surface area contributed by atoms with Gasteiger partial charge in [-0.3, -0.25) is 4.68 Å². The number of urea groups is 1. The van der Waals surface area contributed by atoms with E-state index in [-0.39, 0.29) is 6.03 Å². The number of fused-ring (bicyclic) bond motifs is 1. The lowest BCUT2D eigenvalue weighted by atomic mass is 10.0. The largest absolute Gasteiger partial charge is 0.382 e. The second-order valence-electron chi connectivity index (χ2n) is 6.73. The molecule has 1 aromatic heterocycles. The van der Waals surface area contributed by atoms with Crippen LogP contribution in [-0.4, -0.2) is 15.8 Å². The Labute approximate surface area is 163 Å². The molecular formula is C22H21N5O. The molecular weight excluding hydrogens is 350 g/mol. The van der Waals surface area contributed by atoms with Gasteiger partial charge in [0.15, 0.2) is 5.82 Å². The van der Waals surface area contributed by atoms with E-state index in [1.54, 1.807) is 4.68 Å². The standard InChI is InChI=1S/C22H21N5O/c1-14-5-3-6-17(13-14)25-22(28)24-16-11-9-15(10-12-16)18-7-4-8-19-20(18)21(23)26-27(19)2/h3-13H,1-2H3,(H2,23,26)(H2,24,25,28). The number of carbonyl (C=O) groups is 1. The van der Waals surface area contributed by atoms with E-state index in [1.807, 2.05) is 80.7 Å². The van der Waals surface area contributed by atoms with Crippen LogP contribution in [0.25, 0.3) is 22.0 Å². The quantitative estimate of drug-likeness (QED) is 0.485. The van der Waals surface area contributed by atoms with Gasteiger partial charge in [0.25, 0.3) is 0 Å². The zero-order valence-electron chi connectivity index (χ0n) is 15.7. The Morgan fingerprint density at radius 3 is 2.43 bits per heavy atom. The smallest absolute Gasteiger partial charge is 0.323 e. The zero-order chi connectivity index (χ0) is 19.7. The summed E-state index contributed by atoms with van der Waals surface area (Å²) in [7, 11) is 1.88. The van der Waals surface area contributed by atoms with Gasteiger partial charge in [-0.1, -0.05) is 36.4 Å². The molecule has 0 aliphatic heterocycles. The van der Waals surface area contributed by atoms with Gasteiger partial charge in [-0.15, -0.1) is 0 Å². The summed E-state index contributed by atoms with van der Waals surface area (Å²) in [5.41, 5.74) is 11.7. The van der Waals surface area contributed by atoms with Gasteiger partial charge < -0.3 is 16.4 Å². The first-order valence-electron chi connectivity index (χ1n) is 8.97. The third-order valence-electron chi connectivity index (χ3n) is 4.63. The maximum atomic E-state index is 12.2. The zero-order valence-corrected chi connectivity index (χ0v) is 15.7. The summed E-state index contributed by atoms with van der Waals surface area (Å²) in [4.78, 5) is 12.2. The molecule has 4 N–H and O–H groups in total. The minimum absolute atomic E-state index is 0.281. The van der Waals surface area contributed by atoms with E-state index in [2.05, 4.69) is 15.7 Å². The van der Waals surface area contributed by atoms with Gasteiger partial charge in [0.2, 0.25) is 0 Å². The van der Waals surface area contributed by atoms with Crippen molar-refractivity contribution >= 4 is 34.1 Å². The van der Waals surface area contributed by atoms with Crippen molar-refractivity contribution in [2.75, 3.05) is 16.4 Å². The number of carbonyl (C=O) groups excluding carboxylic acids is 1. The third-order valence-corrected chi connectivity index (χ3v) is 4.63. The van der Waals surface area contributed by atoms with Crippen LogP contribution in [0, 0.1) is 6.92 Å². The number of rotatable bonds is 3. The molecule has 2 amide bonds. The van der Waals surface area contributed by atoms with Gasteiger partial charge >= 0.3 is 6.03 Å². The third kappa shape index (κ3) is 3.40. The van der Waals surface area contributed by atoms with Crippen LogP contribution in [0.5, 0.6) is 0 Å². The van der Waals surface area contributed by atoms with Crippen molar-refractivity contribution in [2.45, 2.75) is 6.92 Å². The second-order valence-corrected chi connectivity index (χ2v) is 6.73. The van der Waals surface area contributed by atoms with Crippen molar-refractivity contribution in [1.82, 2.24) is 9.78 Å². The Hall–Kier alpha value is -3.80. The fourth-order valence-electron chi connectivity index (χ4n) is 3.33. The van der Waals surface area contributed by atoms with E-state index in [1.165, 1.54) is 0 Å². The van der Waals surface area contributed by atoms with E-state index in [4.69, 9.17) is 5.73 Å². The molecule has 0 bridgehead atoms. The van der Waals surface area contributed by atoms with Crippen LogP contribution in [-0.2, 0) is 7.05 Å². The molecule has 0 fully saturated rings. The van der Waals surface area contributed by atoms with Crippen LogP contribution in [0.3, 0.4) is 0 Å². The van der Waals surface area contributed by atoms with Crippen molar-refractivity contribution < 1.29 is 4.79 Å². The van der Waals surface area contributed by atoms with E-state index in [9.17, 15) is 4.79 Å². The SMILES string of the molecule is Cc1cccc(NC(=O)Nc2ccc(-c3cccc4c3c(N)nn4C)cc2)c1. The van der Waals surface area contributed by atoms with E-state index < -0.39 is 0 Å². The lowest BCUT2D eigenvalue weighted by molar-refractivity contribution is 0.262. The summed E-state index contributed by atoms with van der Waals surface area (Å²) in [6.45, 7) is 1.98. The maximum Gasteiger partial charge on any atom is 0.323 e. The summed E-state index contributed by atoms with van der Waals surface area (Å²) in [6.07, 6.45) is 0. The Bertz CT molecular complexity index is 1160. The molecule has 0 aliphatic rings. The number of amides is 2.